The molecule has 0 aliphatic carbocycles. The van der Waals surface area contributed by atoms with Gasteiger partial charge in [-0.2, -0.15) is 105 Å². The first-order chi connectivity index (χ1) is 17.4. The van der Waals surface area contributed by atoms with Crippen LogP contribution in [-0.2, 0) is 17.7 Å². The lowest BCUT2D eigenvalue weighted by Gasteiger charge is -2.40. The lowest BCUT2D eigenvalue weighted by atomic mass is 10.3. The Hall–Kier alpha value is -1.62. The standard InChI is InChI=1S/C12H4F24O4Si/c13-5(14,15)1(6(16,17)18)37-41(38-2(7(19,20)21)8(22,23)24,39-3(9(25,26)27)10(28,29)30)40-4(11(31,32)33)12(34,35)36/h1-4H. The summed E-state index contributed by atoms with van der Waals surface area (Å²) in [5.41, 5.74) is 0. The zero-order valence-electron chi connectivity index (χ0n) is 17.5. The van der Waals surface area contributed by atoms with E-state index in [1.165, 1.54) is 0 Å². The van der Waals surface area contributed by atoms with Crippen LogP contribution in [0.3, 0.4) is 0 Å². The molecule has 4 nitrogen and oxygen atoms in total. The van der Waals surface area contributed by atoms with E-state index >= 15 is 0 Å². The lowest BCUT2D eigenvalue weighted by molar-refractivity contribution is -0.369. The molecule has 0 aliphatic rings. The third-order valence-corrected chi connectivity index (χ3v) is 5.52. The van der Waals surface area contributed by atoms with Crippen molar-refractivity contribution in [1.82, 2.24) is 0 Å². The van der Waals surface area contributed by atoms with Crippen LogP contribution in [0.1, 0.15) is 0 Å². The highest BCUT2D eigenvalue weighted by Crippen LogP contribution is 2.47. The van der Waals surface area contributed by atoms with E-state index in [9.17, 15) is 105 Å². The fourth-order valence-corrected chi connectivity index (χ4v) is 4.58. The maximum atomic E-state index is 12.8. The fraction of sp³-hybridized carbons (Fsp3) is 1.00. The first-order valence-corrected chi connectivity index (χ1v) is 10.2. The van der Waals surface area contributed by atoms with E-state index in [0.717, 1.165) is 0 Å². The van der Waals surface area contributed by atoms with Crippen molar-refractivity contribution in [3.63, 3.8) is 0 Å². The zero-order chi connectivity index (χ0) is 33.6. The van der Waals surface area contributed by atoms with Gasteiger partial charge in [0.05, 0.1) is 0 Å². The molecule has 0 rings (SSSR count). The van der Waals surface area contributed by atoms with Gasteiger partial charge in [0.25, 0.3) is 0 Å². The van der Waals surface area contributed by atoms with Gasteiger partial charge in [0, 0.05) is 0 Å². The minimum Gasteiger partial charge on any atom is -0.330 e. The van der Waals surface area contributed by atoms with Gasteiger partial charge in [0.1, 0.15) is 0 Å². The van der Waals surface area contributed by atoms with E-state index in [2.05, 4.69) is 17.7 Å². The molecular weight excluding hydrogens is 692 g/mol. The van der Waals surface area contributed by atoms with E-state index < -0.39 is 82.9 Å². The normalized spacial score (nSPS) is 16.1. The average molecular weight is 696 g/mol. The Labute approximate surface area is 207 Å². The average Bonchev–Trinajstić information content (AvgIpc) is 2.58. The molecule has 0 unspecified atom stereocenters. The quantitative estimate of drug-likeness (QED) is 0.195. The molecule has 0 atom stereocenters. The molecule has 0 aliphatic heterocycles. The highest BCUT2D eigenvalue weighted by atomic mass is 28.4. The van der Waals surface area contributed by atoms with Gasteiger partial charge >= 0.3 is 58.5 Å². The largest absolute Gasteiger partial charge is 0.683 e. The summed E-state index contributed by atoms with van der Waals surface area (Å²) in [6.45, 7) is 0. The van der Waals surface area contributed by atoms with Crippen molar-refractivity contribution in [3.8, 4) is 0 Å². The van der Waals surface area contributed by atoms with E-state index in [4.69, 9.17) is 0 Å². The fourth-order valence-electron chi connectivity index (χ4n) is 2.02. The Balaban J connectivity index is 7.99. The minimum atomic E-state index is -9.69. The molecule has 0 radical (unpaired) electrons. The van der Waals surface area contributed by atoms with Crippen LogP contribution < -0.4 is 0 Å². The molecule has 0 amide bonds. The summed E-state index contributed by atoms with van der Waals surface area (Å²) in [7, 11) is -9.69. The molecule has 41 heavy (non-hydrogen) atoms. The zero-order valence-corrected chi connectivity index (χ0v) is 18.5. The van der Waals surface area contributed by atoms with Crippen molar-refractivity contribution < 1.29 is 123 Å². The smallest absolute Gasteiger partial charge is 0.330 e. The highest BCUT2D eigenvalue weighted by molar-refractivity contribution is 6.54. The molecule has 0 saturated heterocycles. The molecule has 29 heteroatoms. The molecule has 0 aromatic heterocycles. The number of alkyl halides is 24. The summed E-state index contributed by atoms with van der Waals surface area (Å²) in [5.74, 6) is 0. The van der Waals surface area contributed by atoms with Gasteiger partial charge in [-0.3, -0.25) is 0 Å². The van der Waals surface area contributed by atoms with Gasteiger partial charge in [-0.15, -0.1) is 0 Å². The van der Waals surface area contributed by atoms with Crippen molar-refractivity contribution in [2.24, 2.45) is 0 Å². The lowest BCUT2D eigenvalue weighted by Crippen LogP contribution is -2.68. The van der Waals surface area contributed by atoms with Crippen LogP contribution in [0, 0.1) is 0 Å². The van der Waals surface area contributed by atoms with E-state index in [1.54, 1.807) is 0 Å². The molecule has 0 N–H and O–H groups in total. The topological polar surface area (TPSA) is 36.9 Å². The second-order valence-corrected chi connectivity index (χ2v) is 8.77. The number of halogens is 24. The molecule has 0 fully saturated rings. The summed E-state index contributed by atoms with van der Waals surface area (Å²) in [4.78, 5) is 0. The molecule has 0 aromatic carbocycles. The SMILES string of the molecule is FC(F)(F)C(O[Si](OC(C(F)(F)F)C(F)(F)F)(OC(C(F)(F)F)C(F)(F)F)OC(C(F)(F)F)C(F)(F)F)C(F)(F)F. The van der Waals surface area contributed by atoms with Gasteiger partial charge in [-0.25, -0.2) is 0 Å². The molecule has 0 spiro atoms. The molecule has 0 saturated carbocycles. The second-order valence-electron chi connectivity index (χ2n) is 6.82. The predicted molar refractivity (Wildman–Crippen MR) is 73.7 cm³/mol. The molecule has 0 bridgehead atoms. The van der Waals surface area contributed by atoms with Gasteiger partial charge in [-0.1, -0.05) is 0 Å². The van der Waals surface area contributed by atoms with Gasteiger partial charge in [0.15, 0.2) is 0 Å². The Morgan fingerprint density at radius 3 is 0.415 bits per heavy atom. The number of rotatable bonds is 8. The Morgan fingerprint density at radius 1 is 0.244 bits per heavy atom. The summed E-state index contributed by atoms with van der Waals surface area (Å²) in [6.07, 6.45) is -85.4. The van der Waals surface area contributed by atoms with Gasteiger partial charge < -0.3 is 17.7 Å². The number of hydrogen-bond acceptors (Lipinski definition) is 4. The Morgan fingerprint density at radius 2 is 0.341 bits per heavy atom. The van der Waals surface area contributed by atoms with Crippen LogP contribution in [0.25, 0.3) is 0 Å². The molecule has 0 heterocycles. The van der Waals surface area contributed by atoms with Crippen molar-refractivity contribution in [2.75, 3.05) is 0 Å². The van der Waals surface area contributed by atoms with Gasteiger partial charge in [0.2, 0.25) is 24.4 Å². The molecule has 248 valence electrons. The molecule has 0 aromatic rings. The van der Waals surface area contributed by atoms with Crippen molar-refractivity contribution in [3.05, 3.63) is 0 Å². The number of hydrogen-bond donors (Lipinski definition) is 0. The second kappa shape index (κ2) is 11.5. The molecular formula is C12H4F24O4Si. The van der Waals surface area contributed by atoms with Crippen LogP contribution in [0.2, 0.25) is 0 Å². The van der Waals surface area contributed by atoms with E-state index in [-0.39, 0.29) is 0 Å². The summed E-state index contributed by atoms with van der Waals surface area (Å²) in [5, 5.41) is 0. The minimum absolute atomic E-state index is 2.25. The van der Waals surface area contributed by atoms with E-state index in [0.29, 0.717) is 0 Å². The Kier molecular flexibility index (Phi) is 11.0. The van der Waals surface area contributed by atoms with Crippen LogP contribution >= 0.6 is 0 Å². The van der Waals surface area contributed by atoms with Crippen molar-refractivity contribution in [2.45, 2.75) is 73.8 Å². The van der Waals surface area contributed by atoms with Crippen LogP contribution in [-0.4, -0.2) is 82.9 Å². The Bertz CT molecular complexity index is 641. The first kappa shape index (κ1) is 39.4. The predicted octanol–water partition coefficient (Wildman–Crippen LogP) is 7.46. The van der Waals surface area contributed by atoms with Crippen molar-refractivity contribution in [1.29, 1.82) is 0 Å². The first-order valence-electron chi connectivity index (χ1n) is 8.60. The van der Waals surface area contributed by atoms with Crippen LogP contribution in [0.15, 0.2) is 0 Å². The van der Waals surface area contributed by atoms with Gasteiger partial charge in [-0.05, 0) is 0 Å². The maximum Gasteiger partial charge on any atom is 0.683 e. The third kappa shape index (κ3) is 11.5. The van der Waals surface area contributed by atoms with Crippen LogP contribution in [0.4, 0.5) is 105 Å². The maximum absolute atomic E-state index is 12.8. The van der Waals surface area contributed by atoms with E-state index in [1.807, 2.05) is 0 Å². The van der Waals surface area contributed by atoms with Crippen LogP contribution in [0.5, 0.6) is 0 Å². The summed E-state index contributed by atoms with van der Waals surface area (Å²) >= 11 is 0. The van der Waals surface area contributed by atoms with Crippen molar-refractivity contribution >= 4 is 9.05 Å². The highest BCUT2D eigenvalue weighted by Gasteiger charge is 2.75. The third-order valence-electron chi connectivity index (χ3n) is 3.43. The summed E-state index contributed by atoms with van der Waals surface area (Å²) in [6, 6.07) is 0. The monoisotopic (exact) mass is 696 g/mol. The summed E-state index contributed by atoms with van der Waals surface area (Å²) < 4.78 is 317.